The van der Waals surface area contributed by atoms with Crippen molar-refractivity contribution in [1.82, 2.24) is 0 Å². The van der Waals surface area contributed by atoms with E-state index in [1.165, 1.54) is 70.3 Å². The Morgan fingerprint density at radius 1 is 0.806 bits per heavy atom. The zero-order valence-electron chi connectivity index (χ0n) is 19.6. The molecule has 168 valence electrons. The van der Waals surface area contributed by atoms with Gasteiger partial charge in [-0.3, -0.25) is 0 Å². The predicted octanol–water partition coefficient (Wildman–Crippen LogP) is 4.00. The predicted molar refractivity (Wildman–Crippen MR) is 123 cm³/mol. The number of aryl methyl sites for hydroxylation is 1. The number of fused-ring (bicyclic) bond motifs is 1. The zero-order valence-corrected chi connectivity index (χ0v) is 22.4. The molecule has 0 radical (unpaired) electrons. The van der Waals surface area contributed by atoms with E-state index in [2.05, 4.69) is 6.92 Å². The van der Waals surface area contributed by atoms with Gasteiger partial charge in [0.1, 0.15) is 15.9 Å². The molecule has 0 saturated carbocycles. The van der Waals surface area contributed by atoms with Gasteiger partial charge in [-0.25, -0.2) is 8.42 Å². The van der Waals surface area contributed by atoms with Crippen LogP contribution in [0, 0.1) is 0 Å². The van der Waals surface area contributed by atoms with Gasteiger partial charge in [-0.1, -0.05) is 95.8 Å². The van der Waals surface area contributed by atoms with E-state index in [9.17, 15) is 13.0 Å². The van der Waals surface area contributed by atoms with E-state index in [-0.39, 0.29) is 34.5 Å². The number of ether oxygens (including phenoxy) is 1. The van der Waals surface area contributed by atoms with E-state index in [0.29, 0.717) is 11.1 Å². The van der Waals surface area contributed by atoms with E-state index in [1.54, 1.807) is 25.3 Å². The molecule has 31 heavy (non-hydrogen) atoms. The van der Waals surface area contributed by atoms with Crippen LogP contribution in [0.5, 0.6) is 5.75 Å². The van der Waals surface area contributed by atoms with Gasteiger partial charge >= 0.3 is 29.6 Å². The molecular weight excluding hydrogens is 419 g/mol. The fourth-order valence-electron chi connectivity index (χ4n) is 4.17. The minimum atomic E-state index is -4.52. The van der Waals surface area contributed by atoms with E-state index in [4.69, 9.17) is 4.74 Å². The van der Waals surface area contributed by atoms with Gasteiger partial charge in [0.2, 0.25) is 0 Å². The quantitative estimate of drug-likeness (QED) is 0.231. The third kappa shape index (κ3) is 9.43. The number of hydrogen-bond donors (Lipinski definition) is 0. The molecule has 0 bridgehead atoms. The molecule has 2 rings (SSSR count). The summed E-state index contributed by atoms with van der Waals surface area (Å²) in [5, 5.41) is 1.21. The van der Waals surface area contributed by atoms with E-state index >= 15 is 0 Å². The van der Waals surface area contributed by atoms with Crippen LogP contribution in [0.1, 0.15) is 89.5 Å². The molecule has 0 unspecified atom stereocenters. The second-order valence-electron chi connectivity index (χ2n) is 8.20. The molecule has 0 saturated heterocycles. The van der Waals surface area contributed by atoms with Crippen LogP contribution in [0.3, 0.4) is 0 Å². The van der Waals surface area contributed by atoms with Crippen LogP contribution in [0.15, 0.2) is 35.2 Å². The van der Waals surface area contributed by atoms with Crippen LogP contribution in [0.2, 0.25) is 0 Å². The largest absolute Gasteiger partial charge is 1.00 e. The van der Waals surface area contributed by atoms with Crippen molar-refractivity contribution in [3.8, 4) is 5.75 Å². The normalized spacial score (nSPS) is 11.5. The van der Waals surface area contributed by atoms with Gasteiger partial charge < -0.3 is 9.29 Å². The fourth-order valence-corrected chi connectivity index (χ4v) is 4.84. The van der Waals surface area contributed by atoms with Gasteiger partial charge in [0, 0.05) is 10.8 Å². The van der Waals surface area contributed by atoms with Crippen LogP contribution in [-0.2, 0) is 16.5 Å². The Bertz CT molecular complexity index is 880. The standard InChI is InChI=1S/C25H38O4S.Na/c1-3-4-5-6-7-8-9-10-11-12-13-14-16-21-19-20-24(30(26,27)28)22-17-15-18-23(29-2)25(21)22;/h15,17-20H,3-14,16H2,1-2H3,(H,26,27,28);/q;+1/p-1. The van der Waals surface area contributed by atoms with Crippen molar-refractivity contribution in [2.24, 2.45) is 0 Å². The van der Waals surface area contributed by atoms with Gasteiger partial charge in [0.05, 0.1) is 12.0 Å². The van der Waals surface area contributed by atoms with E-state index in [0.717, 1.165) is 30.2 Å². The molecule has 0 aliphatic rings. The molecule has 0 atom stereocenters. The Hall–Kier alpha value is -0.590. The van der Waals surface area contributed by atoms with Gasteiger partial charge in [-0.2, -0.15) is 0 Å². The van der Waals surface area contributed by atoms with Crippen molar-refractivity contribution < 1.29 is 47.3 Å². The molecule has 0 aromatic heterocycles. The van der Waals surface area contributed by atoms with E-state index < -0.39 is 10.1 Å². The summed E-state index contributed by atoms with van der Waals surface area (Å²) in [6.07, 6.45) is 16.4. The number of methoxy groups -OCH3 is 1. The Balaban J connectivity index is 0.00000480. The van der Waals surface area contributed by atoms with Crippen LogP contribution in [0.4, 0.5) is 0 Å². The van der Waals surface area contributed by atoms with Crippen molar-refractivity contribution in [3.05, 3.63) is 35.9 Å². The van der Waals surface area contributed by atoms with Crippen LogP contribution in [-0.4, -0.2) is 20.1 Å². The molecule has 2 aromatic rings. The summed E-state index contributed by atoms with van der Waals surface area (Å²) in [7, 11) is -2.95. The number of rotatable bonds is 15. The molecule has 0 heterocycles. The molecule has 0 fully saturated rings. The second-order valence-corrected chi connectivity index (χ2v) is 9.55. The molecule has 2 aromatic carbocycles. The minimum Gasteiger partial charge on any atom is -0.744 e. The minimum absolute atomic E-state index is 0. The fraction of sp³-hybridized carbons (Fsp3) is 0.600. The molecule has 0 aliphatic carbocycles. The van der Waals surface area contributed by atoms with Crippen LogP contribution in [0.25, 0.3) is 10.8 Å². The summed E-state index contributed by atoms with van der Waals surface area (Å²) in [6.45, 7) is 2.25. The van der Waals surface area contributed by atoms with Gasteiger partial charge in [-0.15, -0.1) is 0 Å². The van der Waals surface area contributed by atoms with E-state index in [1.807, 2.05) is 6.07 Å². The molecule has 6 heteroatoms. The number of unbranched alkanes of at least 4 members (excludes halogenated alkanes) is 11. The summed E-state index contributed by atoms with van der Waals surface area (Å²) in [5.41, 5.74) is 1.04. The summed E-state index contributed by atoms with van der Waals surface area (Å²) in [5.74, 6) is 0.618. The van der Waals surface area contributed by atoms with Crippen molar-refractivity contribution in [2.45, 2.75) is 95.3 Å². The monoisotopic (exact) mass is 456 g/mol. The number of benzene rings is 2. The maximum absolute atomic E-state index is 11.6. The average Bonchev–Trinajstić information content (AvgIpc) is 2.73. The van der Waals surface area contributed by atoms with Crippen molar-refractivity contribution >= 4 is 20.9 Å². The molecule has 4 nitrogen and oxygen atoms in total. The third-order valence-corrected chi connectivity index (χ3v) is 6.73. The maximum Gasteiger partial charge on any atom is 1.00 e. The second kappa shape index (κ2) is 15.3. The summed E-state index contributed by atoms with van der Waals surface area (Å²) < 4.78 is 40.4. The Labute approximate surface area is 211 Å². The molecule has 0 spiro atoms. The molecule has 0 amide bonds. The van der Waals surface area contributed by atoms with Crippen LogP contribution < -0.4 is 34.3 Å². The summed E-state index contributed by atoms with van der Waals surface area (Å²) >= 11 is 0. The van der Waals surface area contributed by atoms with Crippen LogP contribution >= 0.6 is 0 Å². The maximum atomic E-state index is 11.6. The van der Waals surface area contributed by atoms with Gasteiger partial charge in [0.15, 0.2) is 0 Å². The van der Waals surface area contributed by atoms with Gasteiger partial charge in [0.25, 0.3) is 0 Å². The average molecular weight is 457 g/mol. The molecule has 0 aliphatic heterocycles. The summed E-state index contributed by atoms with van der Waals surface area (Å²) in [6, 6.07) is 8.45. The Morgan fingerprint density at radius 3 is 1.87 bits per heavy atom. The Morgan fingerprint density at radius 2 is 1.35 bits per heavy atom. The summed E-state index contributed by atoms with van der Waals surface area (Å²) in [4.78, 5) is -0.171. The molecular formula is C25H37NaO4S. The van der Waals surface area contributed by atoms with Gasteiger partial charge in [-0.05, 0) is 30.5 Å². The zero-order chi connectivity index (χ0) is 21.8. The first-order valence-corrected chi connectivity index (χ1v) is 12.9. The van der Waals surface area contributed by atoms with Crippen molar-refractivity contribution in [3.63, 3.8) is 0 Å². The van der Waals surface area contributed by atoms with Crippen molar-refractivity contribution in [1.29, 1.82) is 0 Å². The number of hydrogen-bond acceptors (Lipinski definition) is 4. The first kappa shape index (κ1) is 28.4. The smallest absolute Gasteiger partial charge is 0.744 e. The first-order valence-electron chi connectivity index (χ1n) is 11.5. The topological polar surface area (TPSA) is 66.4 Å². The first-order chi connectivity index (χ1) is 14.5. The SMILES string of the molecule is CCCCCCCCCCCCCCc1ccc(S(=O)(=O)[O-])c2cccc(OC)c12.[Na+]. The van der Waals surface area contributed by atoms with Crippen molar-refractivity contribution in [2.75, 3.05) is 7.11 Å². The third-order valence-electron chi connectivity index (χ3n) is 5.84. The Kier molecular flexibility index (Phi) is 14.0. The molecule has 0 N–H and O–H groups in total.